The molecule has 1 saturated carbocycles. The molecular weight excluding hydrogens is 476 g/mol. The number of carbonyl (C=O) groups excluding carboxylic acids is 1. The van der Waals surface area contributed by atoms with Gasteiger partial charge in [0.25, 0.3) is 0 Å². The van der Waals surface area contributed by atoms with Crippen LogP contribution in [0.25, 0.3) is 10.8 Å². The van der Waals surface area contributed by atoms with Crippen molar-refractivity contribution in [1.82, 2.24) is 4.31 Å². The molecule has 7 heteroatoms. The molecule has 0 heterocycles. The summed E-state index contributed by atoms with van der Waals surface area (Å²) in [5.41, 5.74) is 0.688. The van der Waals surface area contributed by atoms with Crippen molar-refractivity contribution in [3.8, 4) is 0 Å². The van der Waals surface area contributed by atoms with Gasteiger partial charge in [0.1, 0.15) is 0 Å². The Morgan fingerprint density at radius 2 is 1.61 bits per heavy atom. The zero-order valence-electron chi connectivity index (χ0n) is 17.1. The molecule has 1 aliphatic rings. The Kier molecular flexibility index (Phi) is 6.74. The number of amides is 1. The van der Waals surface area contributed by atoms with E-state index in [9.17, 15) is 13.2 Å². The number of anilines is 1. The van der Waals surface area contributed by atoms with Gasteiger partial charge in [-0.05, 0) is 48.6 Å². The number of nitrogens with zero attached hydrogens (tertiary/aromatic N) is 1. The van der Waals surface area contributed by atoms with Crippen molar-refractivity contribution in [2.24, 2.45) is 0 Å². The van der Waals surface area contributed by atoms with Crippen LogP contribution >= 0.6 is 15.9 Å². The van der Waals surface area contributed by atoms with Crippen molar-refractivity contribution >= 4 is 48.3 Å². The smallest absolute Gasteiger partial charge is 0.243 e. The molecule has 0 atom stereocenters. The molecule has 0 saturated heterocycles. The van der Waals surface area contributed by atoms with Crippen LogP contribution in [0.4, 0.5) is 5.69 Å². The Labute approximate surface area is 191 Å². The van der Waals surface area contributed by atoms with E-state index in [1.54, 1.807) is 24.3 Å². The lowest BCUT2D eigenvalue weighted by atomic mass is 9.95. The van der Waals surface area contributed by atoms with Crippen LogP contribution < -0.4 is 5.32 Å². The summed E-state index contributed by atoms with van der Waals surface area (Å²) in [4.78, 5) is 13.2. The maximum atomic E-state index is 13.5. The van der Waals surface area contributed by atoms with Crippen molar-refractivity contribution < 1.29 is 13.2 Å². The van der Waals surface area contributed by atoms with E-state index in [0.29, 0.717) is 5.69 Å². The Bertz CT molecular complexity index is 1170. The fourth-order valence-corrected chi connectivity index (χ4v) is 6.09. The van der Waals surface area contributed by atoms with Crippen LogP contribution in [0.15, 0.2) is 76.1 Å². The summed E-state index contributed by atoms with van der Waals surface area (Å²) in [7, 11) is -3.80. The summed E-state index contributed by atoms with van der Waals surface area (Å²) in [5.74, 6) is -0.331. The first-order valence-corrected chi connectivity index (χ1v) is 12.7. The lowest BCUT2D eigenvalue weighted by Crippen LogP contribution is -2.45. The van der Waals surface area contributed by atoms with E-state index in [1.165, 1.54) is 4.31 Å². The third-order valence-electron chi connectivity index (χ3n) is 5.77. The van der Waals surface area contributed by atoms with Crippen LogP contribution in [0.3, 0.4) is 0 Å². The van der Waals surface area contributed by atoms with E-state index in [1.807, 2.05) is 42.5 Å². The average Bonchev–Trinajstić information content (AvgIpc) is 2.78. The zero-order chi connectivity index (χ0) is 21.8. The van der Waals surface area contributed by atoms with Crippen molar-refractivity contribution in [3.63, 3.8) is 0 Å². The van der Waals surface area contributed by atoms with Crippen molar-refractivity contribution in [3.05, 3.63) is 71.2 Å². The number of hydrogen-bond acceptors (Lipinski definition) is 3. The molecule has 1 aliphatic carbocycles. The molecule has 0 unspecified atom stereocenters. The van der Waals surface area contributed by atoms with Gasteiger partial charge in [-0.25, -0.2) is 8.42 Å². The molecule has 162 valence electrons. The van der Waals surface area contributed by atoms with Gasteiger partial charge in [-0.3, -0.25) is 4.79 Å². The first kappa shape index (κ1) is 22.0. The quantitative estimate of drug-likeness (QED) is 0.481. The Balaban J connectivity index is 1.61. The number of benzene rings is 3. The van der Waals surface area contributed by atoms with Gasteiger partial charge in [0.15, 0.2) is 0 Å². The van der Waals surface area contributed by atoms with Crippen LogP contribution in [0, 0.1) is 0 Å². The molecular formula is C24H25BrN2O3S. The van der Waals surface area contributed by atoms with E-state index < -0.39 is 10.0 Å². The lowest BCUT2D eigenvalue weighted by Gasteiger charge is -2.33. The molecule has 4 rings (SSSR count). The SMILES string of the molecule is O=C(CN(C1CCCCC1)S(=O)(=O)c1ccc(Br)cc1)Nc1cccc2ccccc12. The van der Waals surface area contributed by atoms with Crippen LogP contribution in [-0.2, 0) is 14.8 Å². The Morgan fingerprint density at radius 1 is 0.935 bits per heavy atom. The van der Waals surface area contributed by atoms with Gasteiger partial charge in [0, 0.05) is 21.6 Å². The van der Waals surface area contributed by atoms with Gasteiger partial charge in [0.05, 0.1) is 11.4 Å². The monoisotopic (exact) mass is 500 g/mol. The number of hydrogen-bond donors (Lipinski definition) is 1. The summed E-state index contributed by atoms with van der Waals surface area (Å²) in [6, 6.07) is 19.9. The first-order valence-electron chi connectivity index (χ1n) is 10.5. The Morgan fingerprint density at radius 3 is 2.35 bits per heavy atom. The first-order chi connectivity index (χ1) is 14.9. The van der Waals surface area contributed by atoms with E-state index in [4.69, 9.17) is 0 Å². The molecule has 31 heavy (non-hydrogen) atoms. The molecule has 3 aromatic rings. The van der Waals surface area contributed by atoms with Crippen LogP contribution in [0.2, 0.25) is 0 Å². The number of halogens is 1. The Hall–Kier alpha value is -2.22. The third-order valence-corrected chi connectivity index (χ3v) is 8.21. The van der Waals surface area contributed by atoms with Crippen LogP contribution in [-0.4, -0.2) is 31.2 Å². The summed E-state index contributed by atoms with van der Waals surface area (Å²) >= 11 is 3.35. The number of rotatable bonds is 6. The second-order valence-electron chi connectivity index (χ2n) is 7.87. The minimum absolute atomic E-state index is 0.166. The van der Waals surface area contributed by atoms with Gasteiger partial charge >= 0.3 is 0 Å². The summed E-state index contributed by atoms with van der Waals surface area (Å²) in [6.45, 7) is -0.202. The van der Waals surface area contributed by atoms with Crippen molar-refractivity contribution in [1.29, 1.82) is 0 Å². The topological polar surface area (TPSA) is 66.5 Å². The number of sulfonamides is 1. The average molecular weight is 501 g/mol. The summed E-state index contributed by atoms with van der Waals surface area (Å²) in [5, 5.41) is 4.88. The molecule has 0 spiro atoms. The number of nitrogens with one attached hydrogen (secondary N) is 1. The van der Waals surface area contributed by atoms with Crippen LogP contribution in [0.1, 0.15) is 32.1 Å². The minimum atomic E-state index is -3.80. The predicted molar refractivity (Wildman–Crippen MR) is 127 cm³/mol. The molecule has 3 aromatic carbocycles. The standard InChI is InChI=1S/C24H25BrN2O3S/c25-19-13-15-21(16-14-19)31(29,30)27(20-9-2-1-3-10-20)17-24(28)26-23-12-6-8-18-7-4-5-11-22(18)23/h4-8,11-16,20H,1-3,9-10,17H2,(H,26,28). The molecule has 5 nitrogen and oxygen atoms in total. The maximum Gasteiger partial charge on any atom is 0.243 e. The predicted octanol–water partition coefficient (Wildman–Crippen LogP) is 5.56. The maximum absolute atomic E-state index is 13.5. The van der Waals surface area contributed by atoms with Gasteiger partial charge in [-0.15, -0.1) is 0 Å². The molecule has 1 N–H and O–H groups in total. The second kappa shape index (κ2) is 9.51. The van der Waals surface area contributed by atoms with Crippen molar-refractivity contribution in [2.45, 2.75) is 43.0 Å². The van der Waals surface area contributed by atoms with Gasteiger partial charge in [-0.2, -0.15) is 4.31 Å². The highest BCUT2D eigenvalue weighted by Crippen LogP contribution is 2.29. The highest BCUT2D eigenvalue weighted by Gasteiger charge is 2.34. The summed E-state index contributed by atoms with van der Waals surface area (Å²) < 4.78 is 29.2. The van der Waals surface area contributed by atoms with Gasteiger partial charge < -0.3 is 5.32 Å². The fraction of sp³-hybridized carbons (Fsp3) is 0.292. The molecule has 0 aliphatic heterocycles. The van der Waals surface area contributed by atoms with Gasteiger partial charge in [0.2, 0.25) is 15.9 Å². The molecule has 0 aromatic heterocycles. The largest absolute Gasteiger partial charge is 0.324 e. The highest BCUT2D eigenvalue weighted by molar-refractivity contribution is 9.10. The van der Waals surface area contributed by atoms with Gasteiger partial charge in [-0.1, -0.05) is 71.6 Å². The normalized spacial score (nSPS) is 15.3. The fourth-order valence-electron chi connectivity index (χ4n) is 4.19. The number of carbonyl (C=O) groups is 1. The molecule has 0 bridgehead atoms. The molecule has 1 fully saturated rings. The minimum Gasteiger partial charge on any atom is -0.324 e. The highest BCUT2D eigenvalue weighted by atomic mass is 79.9. The van der Waals surface area contributed by atoms with E-state index in [0.717, 1.165) is 47.3 Å². The van der Waals surface area contributed by atoms with E-state index in [-0.39, 0.29) is 23.4 Å². The summed E-state index contributed by atoms with van der Waals surface area (Å²) in [6.07, 6.45) is 4.60. The molecule has 1 amide bonds. The third kappa shape index (κ3) is 5.00. The lowest BCUT2D eigenvalue weighted by molar-refractivity contribution is -0.116. The van der Waals surface area contributed by atoms with E-state index >= 15 is 0 Å². The number of fused-ring (bicyclic) bond motifs is 1. The van der Waals surface area contributed by atoms with E-state index in [2.05, 4.69) is 21.2 Å². The van der Waals surface area contributed by atoms with Crippen LogP contribution in [0.5, 0.6) is 0 Å². The molecule has 0 radical (unpaired) electrons. The second-order valence-corrected chi connectivity index (χ2v) is 10.7. The van der Waals surface area contributed by atoms with Crippen molar-refractivity contribution in [2.75, 3.05) is 11.9 Å². The zero-order valence-corrected chi connectivity index (χ0v) is 19.5.